The molecular weight excluding hydrogens is 337 g/mol. The lowest BCUT2D eigenvalue weighted by molar-refractivity contribution is -0.119. The van der Waals surface area contributed by atoms with Gasteiger partial charge in [-0.25, -0.2) is 0 Å². The molecule has 4 nitrogen and oxygen atoms in total. The number of nitrogens with one attached hydrogen (secondary N) is 1. The quantitative estimate of drug-likeness (QED) is 0.835. The fraction of sp³-hybridized carbons (Fsp3) is 0.235. The molecule has 0 unspecified atom stereocenters. The normalized spacial score (nSPS) is 15.9. The molecule has 0 aliphatic carbocycles. The van der Waals surface area contributed by atoms with Crippen LogP contribution in [0.4, 0.5) is 0 Å². The number of halogens is 2. The van der Waals surface area contributed by atoms with Gasteiger partial charge in [0.1, 0.15) is 23.4 Å². The minimum Gasteiger partial charge on any atom is -0.488 e. The van der Waals surface area contributed by atoms with Crippen molar-refractivity contribution in [2.45, 2.75) is 17.4 Å². The second-order valence-corrected chi connectivity index (χ2v) is 6.27. The summed E-state index contributed by atoms with van der Waals surface area (Å²) in [6, 6.07) is 15.3. The number of ether oxygens (including phenoxy) is 2. The lowest BCUT2D eigenvalue weighted by Crippen LogP contribution is -2.37. The molecule has 0 saturated heterocycles. The highest BCUT2D eigenvalue weighted by molar-refractivity contribution is 6.53. The maximum atomic E-state index is 11.4. The molecule has 0 fully saturated rings. The van der Waals surface area contributed by atoms with E-state index in [1.807, 2.05) is 48.5 Å². The van der Waals surface area contributed by atoms with E-state index in [0.29, 0.717) is 13.0 Å². The Hall–Kier alpha value is -1.91. The summed E-state index contributed by atoms with van der Waals surface area (Å²) in [5, 5.41) is 2.65. The van der Waals surface area contributed by atoms with Crippen molar-refractivity contribution in [3.8, 4) is 17.2 Å². The van der Waals surface area contributed by atoms with E-state index in [1.165, 1.54) is 0 Å². The number of para-hydroxylation sites is 1. The molecule has 3 rings (SSSR count). The van der Waals surface area contributed by atoms with Gasteiger partial charge < -0.3 is 14.8 Å². The molecule has 120 valence electrons. The number of amides is 1. The zero-order valence-corrected chi connectivity index (χ0v) is 13.7. The Kier molecular flexibility index (Phi) is 4.94. The predicted octanol–water partition coefficient (Wildman–Crippen LogP) is 3.70. The first-order valence-corrected chi connectivity index (χ1v) is 8.07. The fourth-order valence-electron chi connectivity index (χ4n) is 2.39. The Morgan fingerprint density at radius 1 is 1.22 bits per heavy atom. The third-order valence-electron chi connectivity index (χ3n) is 3.45. The molecule has 1 atom stereocenters. The van der Waals surface area contributed by atoms with Gasteiger partial charge in [-0.3, -0.25) is 4.79 Å². The van der Waals surface area contributed by atoms with Crippen LogP contribution in [0.3, 0.4) is 0 Å². The fourth-order valence-corrected chi connectivity index (χ4v) is 2.54. The molecular formula is C17H15Cl2NO3. The maximum absolute atomic E-state index is 11.4. The van der Waals surface area contributed by atoms with E-state index in [9.17, 15) is 4.79 Å². The first kappa shape index (κ1) is 16.0. The van der Waals surface area contributed by atoms with Crippen molar-refractivity contribution in [2.24, 2.45) is 0 Å². The standard InChI is InChI=1S/C17H15Cl2NO3/c18-16(19)17(21)20-10-14-9-11-8-13(6-7-15(11)23-14)22-12-4-2-1-3-5-12/h1-8,14,16H,9-10H2,(H,20,21)/t14-/m0/s1. The third-order valence-corrected chi connectivity index (χ3v) is 3.85. The summed E-state index contributed by atoms with van der Waals surface area (Å²) >= 11 is 11.0. The van der Waals surface area contributed by atoms with Crippen molar-refractivity contribution in [1.29, 1.82) is 0 Å². The van der Waals surface area contributed by atoms with Gasteiger partial charge in [0.05, 0.1) is 6.54 Å². The number of benzene rings is 2. The number of carbonyl (C=O) groups excluding carboxylic acids is 1. The van der Waals surface area contributed by atoms with Gasteiger partial charge in [-0.05, 0) is 30.3 Å². The Balaban J connectivity index is 1.61. The molecule has 0 saturated carbocycles. The number of hydrogen-bond donors (Lipinski definition) is 1. The van der Waals surface area contributed by atoms with Gasteiger partial charge in [0.2, 0.25) is 0 Å². The van der Waals surface area contributed by atoms with Crippen LogP contribution in [0.2, 0.25) is 0 Å². The van der Waals surface area contributed by atoms with Gasteiger partial charge in [-0.1, -0.05) is 41.4 Å². The predicted molar refractivity (Wildman–Crippen MR) is 89.6 cm³/mol. The van der Waals surface area contributed by atoms with Crippen LogP contribution in [0.25, 0.3) is 0 Å². The average molecular weight is 352 g/mol. The van der Waals surface area contributed by atoms with Gasteiger partial charge in [-0.2, -0.15) is 0 Å². The summed E-state index contributed by atoms with van der Waals surface area (Å²) < 4.78 is 11.6. The van der Waals surface area contributed by atoms with Crippen LogP contribution < -0.4 is 14.8 Å². The van der Waals surface area contributed by atoms with Gasteiger partial charge >= 0.3 is 0 Å². The summed E-state index contributed by atoms with van der Waals surface area (Å²) in [4.78, 5) is 10.3. The molecule has 0 radical (unpaired) electrons. The van der Waals surface area contributed by atoms with E-state index in [1.54, 1.807) is 0 Å². The highest BCUT2D eigenvalue weighted by atomic mass is 35.5. The van der Waals surface area contributed by atoms with Crippen molar-refractivity contribution in [3.05, 3.63) is 54.1 Å². The first-order chi connectivity index (χ1) is 11.1. The second-order valence-electron chi connectivity index (χ2n) is 5.17. The Labute approximate surface area is 144 Å². The molecule has 0 aromatic heterocycles. The zero-order chi connectivity index (χ0) is 16.2. The molecule has 0 spiro atoms. The Bertz CT molecular complexity index is 691. The van der Waals surface area contributed by atoms with Gasteiger partial charge in [0, 0.05) is 12.0 Å². The topological polar surface area (TPSA) is 47.6 Å². The van der Waals surface area contributed by atoms with Crippen molar-refractivity contribution in [2.75, 3.05) is 6.54 Å². The van der Waals surface area contributed by atoms with E-state index in [0.717, 1.165) is 22.8 Å². The summed E-state index contributed by atoms with van der Waals surface area (Å²) in [6.07, 6.45) is 0.560. The molecule has 0 bridgehead atoms. The van der Waals surface area contributed by atoms with Gasteiger partial charge in [0.25, 0.3) is 5.91 Å². The van der Waals surface area contributed by atoms with Crippen LogP contribution >= 0.6 is 23.2 Å². The lowest BCUT2D eigenvalue weighted by Gasteiger charge is -2.12. The summed E-state index contributed by atoms with van der Waals surface area (Å²) in [5.41, 5.74) is 1.05. The molecule has 1 aliphatic rings. The van der Waals surface area contributed by atoms with Crippen molar-refractivity contribution in [3.63, 3.8) is 0 Å². The summed E-state index contributed by atoms with van der Waals surface area (Å²) in [7, 11) is 0. The lowest BCUT2D eigenvalue weighted by atomic mass is 10.1. The van der Waals surface area contributed by atoms with Gasteiger partial charge in [-0.15, -0.1) is 0 Å². The number of rotatable bonds is 5. The van der Waals surface area contributed by atoms with Crippen molar-refractivity contribution in [1.82, 2.24) is 5.32 Å². The molecule has 1 heterocycles. The second kappa shape index (κ2) is 7.11. The number of alkyl halides is 2. The number of hydrogen-bond acceptors (Lipinski definition) is 3. The van der Waals surface area contributed by atoms with E-state index in [4.69, 9.17) is 32.7 Å². The molecule has 1 aliphatic heterocycles. The molecule has 2 aromatic rings. The maximum Gasteiger partial charge on any atom is 0.253 e. The van der Waals surface area contributed by atoms with E-state index >= 15 is 0 Å². The van der Waals surface area contributed by atoms with Crippen molar-refractivity contribution < 1.29 is 14.3 Å². The third kappa shape index (κ3) is 4.09. The highest BCUT2D eigenvalue weighted by Crippen LogP contribution is 2.33. The van der Waals surface area contributed by atoms with E-state index in [-0.39, 0.29) is 6.10 Å². The van der Waals surface area contributed by atoms with Crippen LogP contribution in [0.1, 0.15) is 5.56 Å². The SMILES string of the molecule is O=C(NC[C@@H]1Cc2cc(Oc3ccccc3)ccc2O1)C(Cl)Cl. The Morgan fingerprint density at radius 2 is 2.00 bits per heavy atom. The van der Waals surface area contributed by atoms with Crippen LogP contribution in [-0.2, 0) is 11.2 Å². The van der Waals surface area contributed by atoms with Crippen LogP contribution in [0.5, 0.6) is 17.2 Å². The summed E-state index contributed by atoms with van der Waals surface area (Å²) in [6.45, 7) is 0.359. The van der Waals surface area contributed by atoms with Crippen LogP contribution in [0.15, 0.2) is 48.5 Å². The molecule has 23 heavy (non-hydrogen) atoms. The summed E-state index contributed by atoms with van der Waals surface area (Å²) in [5.74, 6) is 1.93. The monoisotopic (exact) mass is 351 g/mol. The molecule has 2 aromatic carbocycles. The minimum absolute atomic E-state index is 0.131. The Morgan fingerprint density at radius 3 is 2.74 bits per heavy atom. The first-order valence-electron chi connectivity index (χ1n) is 7.20. The largest absolute Gasteiger partial charge is 0.488 e. The number of carbonyl (C=O) groups is 1. The number of fused-ring (bicyclic) bond motifs is 1. The van der Waals surface area contributed by atoms with Crippen LogP contribution in [0, 0.1) is 0 Å². The smallest absolute Gasteiger partial charge is 0.253 e. The van der Waals surface area contributed by atoms with E-state index < -0.39 is 10.7 Å². The highest BCUT2D eigenvalue weighted by Gasteiger charge is 2.24. The molecule has 1 amide bonds. The van der Waals surface area contributed by atoms with Crippen LogP contribution in [-0.4, -0.2) is 23.4 Å². The zero-order valence-electron chi connectivity index (χ0n) is 12.2. The van der Waals surface area contributed by atoms with Crippen molar-refractivity contribution >= 4 is 29.1 Å². The average Bonchev–Trinajstić information content (AvgIpc) is 2.95. The minimum atomic E-state index is -1.07. The van der Waals surface area contributed by atoms with Gasteiger partial charge in [0.15, 0.2) is 4.84 Å². The molecule has 6 heteroatoms. The molecule has 1 N–H and O–H groups in total. The van der Waals surface area contributed by atoms with E-state index in [2.05, 4.69) is 5.32 Å².